The molecule has 12 heavy (non-hydrogen) atoms. The number of hydrogen-bond acceptors (Lipinski definition) is 2. The molecule has 0 aliphatic heterocycles. The maximum absolute atomic E-state index is 11.2. The van der Waals surface area contributed by atoms with Crippen LogP contribution in [0.3, 0.4) is 0 Å². The van der Waals surface area contributed by atoms with E-state index in [0.29, 0.717) is 5.57 Å². The summed E-state index contributed by atoms with van der Waals surface area (Å²) in [5.41, 5.74) is 0.528. The Labute approximate surface area is 78.4 Å². The van der Waals surface area contributed by atoms with Gasteiger partial charge in [-0.3, -0.25) is 4.79 Å². The Morgan fingerprint density at radius 3 is 2.50 bits per heavy atom. The third-order valence-electron chi connectivity index (χ3n) is 1.80. The van der Waals surface area contributed by atoms with Crippen LogP contribution in [-0.2, 0) is 4.79 Å². The molecule has 0 aliphatic rings. The van der Waals surface area contributed by atoms with Gasteiger partial charge in [0.25, 0.3) is 0 Å². The van der Waals surface area contributed by atoms with Crippen molar-refractivity contribution in [3.05, 3.63) is 12.2 Å². The highest BCUT2D eigenvalue weighted by molar-refractivity contribution is 6.19. The predicted molar refractivity (Wildman–Crippen MR) is 51.2 cm³/mol. The van der Waals surface area contributed by atoms with Gasteiger partial charge in [-0.2, -0.15) is 0 Å². The fourth-order valence-electron chi connectivity index (χ4n) is 0.676. The summed E-state index contributed by atoms with van der Waals surface area (Å²) in [6.07, 6.45) is 0. The van der Waals surface area contributed by atoms with Gasteiger partial charge in [0.05, 0.1) is 6.00 Å². The van der Waals surface area contributed by atoms with E-state index in [2.05, 4.69) is 11.9 Å². The maximum Gasteiger partial charge on any atom is 0.249 e. The van der Waals surface area contributed by atoms with E-state index in [9.17, 15) is 4.79 Å². The van der Waals surface area contributed by atoms with Crippen LogP contribution in [-0.4, -0.2) is 36.9 Å². The lowest BCUT2D eigenvalue weighted by Gasteiger charge is -2.20. The molecule has 0 radical (unpaired) electrons. The molecule has 1 atom stereocenters. The third-order valence-corrected chi connectivity index (χ3v) is 1.93. The van der Waals surface area contributed by atoms with Crippen molar-refractivity contribution in [2.45, 2.75) is 13.0 Å². The molecule has 1 N–H and O–H groups in total. The first-order valence-corrected chi connectivity index (χ1v) is 4.23. The molecule has 1 unspecified atom stereocenters. The molecule has 0 rings (SSSR count). The zero-order valence-corrected chi connectivity index (χ0v) is 8.48. The van der Waals surface area contributed by atoms with Crippen LogP contribution in [0.1, 0.15) is 6.92 Å². The van der Waals surface area contributed by atoms with E-state index in [0.717, 1.165) is 0 Å². The van der Waals surface area contributed by atoms with Crippen molar-refractivity contribution in [2.24, 2.45) is 0 Å². The minimum absolute atomic E-state index is 0.0354. The summed E-state index contributed by atoms with van der Waals surface area (Å²) in [4.78, 5) is 13.1. The lowest BCUT2D eigenvalue weighted by molar-refractivity contribution is -0.117. The van der Waals surface area contributed by atoms with Crippen LogP contribution in [0, 0.1) is 0 Å². The Hall–Kier alpha value is -0.540. The number of amides is 1. The lowest BCUT2D eigenvalue weighted by Crippen LogP contribution is -2.34. The van der Waals surface area contributed by atoms with Crippen LogP contribution < -0.4 is 5.32 Å². The highest BCUT2D eigenvalue weighted by atomic mass is 35.5. The number of carbonyl (C=O) groups is 1. The molecule has 0 aliphatic carbocycles. The molecule has 0 heterocycles. The summed E-state index contributed by atoms with van der Waals surface area (Å²) in [6.45, 7) is 5.59. The quantitative estimate of drug-likeness (QED) is 0.404. The summed E-state index contributed by atoms with van der Waals surface area (Å²) in [5.74, 6) is -0.189. The normalized spacial score (nSPS) is 12.8. The lowest BCUT2D eigenvalue weighted by atomic mass is 10.1. The molecular formula is C8H15ClN2O. The van der Waals surface area contributed by atoms with Gasteiger partial charge < -0.3 is 10.2 Å². The zero-order chi connectivity index (χ0) is 9.72. The van der Waals surface area contributed by atoms with Gasteiger partial charge in [-0.05, 0) is 21.0 Å². The molecular weight excluding hydrogens is 176 g/mol. The average Bonchev–Trinajstić information content (AvgIpc) is 2.02. The van der Waals surface area contributed by atoms with E-state index in [4.69, 9.17) is 11.6 Å². The number of rotatable bonds is 4. The molecule has 3 nitrogen and oxygen atoms in total. The molecule has 1 amide bonds. The Kier molecular flexibility index (Phi) is 4.93. The van der Waals surface area contributed by atoms with E-state index in [-0.39, 0.29) is 18.0 Å². The summed E-state index contributed by atoms with van der Waals surface area (Å²) >= 11 is 5.34. The summed E-state index contributed by atoms with van der Waals surface area (Å²) in [6, 6.07) is 0.158. The molecule has 0 spiro atoms. The second kappa shape index (κ2) is 5.17. The molecule has 0 aromatic heterocycles. The van der Waals surface area contributed by atoms with Crippen molar-refractivity contribution in [3.63, 3.8) is 0 Å². The molecule has 0 saturated heterocycles. The minimum Gasteiger partial charge on any atom is -0.339 e. The van der Waals surface area contributed by atoms with Crippen LogP contribution >= 0.6 is 11.6 Å². The van der Waals surface area contributed by atoms with E-state index in [1.165, 1.54) is 0 Å². The summed E-state index contributed by atoms with van der Waals surface area (Å²) in [7, 11) is 3.79. The molecule has 0 aromatic carbocycles. The van der Waals surface area contributed by atoms with E-state index in [1.807, 2.05) is 25.9 Å². The largest absolute Gasteiger partial charge is 0.339 e. The van der Waals surface area contributed by atoms with Crippen LogP contribution in [0.2, 0.25) is 0 Å². The summed E-state index contributed by atoms with van der Waals surface area (Å²) < 4.78 is 0. The number of likely N-dealkylation sites (N-methyl/N-ethyl adjacent to an activating group) is 1. The molecule has 70 valence electrons. The monoisotopic (exact) mass is 190 g/mol. The maximum atomic E-state index is 11.2. The number of carbonyl (C=O) groups excluding carboxylic acids is 1. The second-order valence-electron chi connectivity index (χ2n) is 2.80. The standard InChI is InChI=1S/C8H15ClN2O/c1-6(7(2)11(3)4)8(12)10-5-9/h7H,1,5H2,2-4H3,(H,10,12). The Morgan fingerprint density at radius 2 is 2.17 bits per heavy atom. The molecule has 0 fully saturated rings. The van der Waals surface area contributed by atoms with Crippen molar-refractivity contribution < 1.29 is 4.79 Å². The highest BCUT2D eigenvalue weighted by Gasteiger charge is 2.15. The fraction of sp³-hybridized carbons (Fsp3) is 0.625. The van der Waals surface area contributed by atoms with Crippen molar-refractivity contribution in [1.29, 1.82) is 0 Å². The average molecular weight is 191 g/mol. The van der Waals surface area contributed by atoms with Crippen LogP contribution in [0.15, 0.2) is 12.2 Å². The molecule has 0 bridgehead atoms. The smallest absolute Gasteiger partial charge is 0.249 e. The first-order valence-electron chi connectivity index (χ1n) is 3.70. The van der Waals surface area contributed by atoms with Crippen LogP contribution in [0.5, 0.6) is 0 Å². The third kappa shape index (κ3) is 3.24. The fourth-order valence-corrected chi connectivity index (χ4v) is 0.797. The van der Waals surface area contributed by atoms with Gasteiger partial charge in [0.15, 0.2) is 0 Å². The van der Waals surface area contributed by atoms with Gasteiger partial charge in [-0.15, -0.1) is 11.6 Å². The van der Waals surface area contributed by atoms with Crippen molar-refractivity contribution in [3.8, 4) is 0 Å². The number of halogens is 1. The minimum atomic E-state index is -0.189. The van der Waals surface area contributed by atoms with Gasteiger partial charge in [0, 0.05) is 11.6 Å². The predicted octanol–water partition coefficient (Wildman–Crippen LogP) is 0.805. The van der Waals surface area contributed by atoms with Crippen molar-refractivity contribution in [1.82, 2.24) is 10.2 Å². The molecule has 0 saturated carbocycles. The van der Waals surface area contributed by atoms with Crippen LogP contribution in [0.4, 0.5) is 0 Å². The van der Waals surface area contributed by atoms with Gasteiger partial charge in [0.2, 0.25) is 5.91 Å². The van der Waals surface area contributed by atoms with Crippen molar-refractivity contribution >= 4 is 17.5 Å². The number of nitrogens with one attached hydrogen (secondary N) is 1. The highest BCUT2D eigenvalue weighted by Crippen LogP contribution is 2.04. The first kappa shape index (κ1) is 11.5. The van der Waals surface area contributed by atoms with E-state index in [1.54, 1.807) is 0 Å². The number of alkyl halides is 1. The van der Waals surface area contributed by atoms with E-state index >= 15 is 0 Å². The first-order chi connectivity index (χ1) is 5.50. The van der Waals surface area contributed by atoms with Gasteiger partial charge in [0.1, 0.15) is 0 Å². The molecule has 4 heteroatoms. The molecule has 0 aromatic rings. The SMILES string of the molecule is C=C(C(=O)NCCl)C(C)N(C)C. The van der Waals surface area contributed by atoms with Crippen molar-refractivity contribution in [2.75, 3.05) is 20.1 Å². The second-order valence-corrected chi connectivity index (χ2v) is 3.07. The Morgan fingerprint density at radius 1 is 1.67 bits per heavy atom. The summed E-state index contributed by atoms with van der Waals surface area (Å²) in [5, 5.41) is 2.48. The van der Waals surface area contributed by atoms with Gasteiger partial charge >= 0.3 is 0 Å². The van der Waals surface area contributed by atoms with E-state index < -0.39 is 0 Å². The van der Waals surface area contributed by atoms with Gasteiger partial charge in [-0.25, -0.2) is 0 Å². The topological polar surface area (TPSA) is 32.3 Å². The Bertz CT molecular complexity index is 180. The number of nitrogens with zero attached hydrogens (tertiary/aromatic N) is 1. The number of hydrogen-bond donors (Lipinski definition) is 1. The zero-order valence-electron chi connectivity index (χ0n) is 7.72. The Balaban J connectivity index is 4.10. The van der Waals surface area contributed by atoms with Gasteiger partial charge in [-0.1, -0.05) is 6.58 Å². The van der Waals surface area contributed by atoms with Crippen LogP contribution in [0.25, 0.3) is 0 Å².